The largest absolute Gasteiger partial charge is 0.372 e. The Morgan fingerprint density at radius 1 is 0.971 bits per heavy atom. The fourth-order valence-corrected chi connectivity index (χ4v) is 4.83. The van der Waals surface area contributed by atoms with E-state index in [4.69, 9.17) is 0 Å². The van der Waals surface area contributed by atoms with Crippen LogP contribution < -0.4 is 15.5 Å². The Hall–Kier alpha value is -3.38. The molecule has 0 spiro atoms. The number of thiophene rings is 1. The number of benzene rings is 2. The Kier molecular flexibility index (Phi) is 7.80. The van der Waals surface area contributed by atoms with Crippen LogP contribution in [0.15, 0.2) is 71.7 Å². The van der Waals surface area contributed by atoms with Gasteiger partial charge >= 0.3 is 0 Å². The summed E-state index contributed by atoms with van der Waals surface area (Å²) in [5.41, 5.74) is 3.89. The van der Waals surface area contributed by atoms with Crippen molar-refractivity contribution in [1.82, 2.24) is 10.6 Å². The first-order chi connectivity index (χ1) is 16.5. The Morgan fingerprint density at radius 2 is 1.71 bits per heavy atom. The standard InChI is InChI=1S/C28H31N3O2S/c1-20-9-4-5-11-25(20)27(32)30-26(19-24-10-8-18-34-24)28(33)29-21(2)22-12-14-23(15-13-22)31-16-6-3-7-17-31/h4-5,8-15,18-19,21H,3,6-7,16-17H2,1-2H3,(H,29,33)(H,30,32)/b26-19-/t21-/m1/s1. The molecule has 176 valence electrons. The highest BCUT2D eigenvalue weighted by Crippen LogP contribution is 2.23. The fourth-order valence-electron chi connectivity index (χ4n) is 4.18. The fraction of sp³-hybridized carbons (Fsp3) is 0.286. The Bertz CT molecular complexity index is 1150. The molecule has 1 fully saturated rings. The van der Waals surface area contributed by atoms with E-state index in [0.29, 0.717) is 5.56 Å². The molecule has 1 aliphatic heterocycles. The molecule has 2 heterocycles. The molecular formula is C28H31N3O2S. The van der Waals surface area contributed by atoms with Gasteiger partial charge in [0.1, 0.15) is 5.70 Å². The predicted molar refractivity (Wildman–Crippen MR) is 140 cm³/mol. The summed E-state index contributed by atoms with van der Waals surface area (Å²) in [5.74, 6) is -0.613. The van der Waals surface area contributed by atoms with Crippen molar-refractivity contribution in [1.29, 1.82) is 0 Å². The molecule has 5 nitrogen and oxygen atoms in total. The van der Waals surface area contributed by atoms with Gasteiger partial charge in [-0.3, -0.25) is 9.59 Å². The third-order valence-electron chi connectivity index (χ3n) is 6.17. The van der Waals surface area contributed by atoms with Gasteiger partial charge in [-0.25, -0.2) is 0 Å². The van der Waals surface area contributed by atoms with Crippen LogP contribution in [-0.2, 0) is 4.79 Å². The van der Waals surface area contributed by atoms with Crippen molar-refractivity contribution >= 4 is 34.9 Å². The van der Waals surface area contributed by atoms with Gasteiger partial charge in [-0.05, 0) is 80.0 Å². The molecule has 0 aliphatic carbocycles. The van der Waals surface area contributed by atoms with Gasteiger partial charge in [-0.15, -0.1) is 11.3 Å². The summed E-state index contributed by atoms with van der Waals surface area (Å²) in [5, 5.41) is 7.82. The highest BCUT2D eigenvalue weighted by Gasteiger charge is 2.19. The number of piperidine rings is 1. The van der Waals surface area contributed by atoms with Gasteiger partial charge in [0.25, 0.3) is 11.8 Å². The molecule has 0 bridgehead atoms. The van der Waals surface area contributed by atoms with Crippen LogP contribution in [-0.4, -0.2) is 24.9 Å². The minimum atomic E-state index is -0.317. The van der Waals surface area contributed by atoms with Gasteiger partial charge in [-0.1, -0.05) is 36.4 Å². The van der Waals surface area contributed by atoms with Crippen LogP contribution in [0.2, 0.25) is 0 Å². The molecule has 4 rings (SSSR count). The monoisotopic (exact) mass is 473 g/mol. The van der Waals surface area contributed by atoms with Crippen molar-refractivity contribution in [3.05, 3.63) is 93.3 Å². The van der Waals surface area contributed by atoms with Crippen molar-refractivity contribution in [3.8, 4) is 0 Å². The minimum absolute atomic E-state index is 0.204. The maximum atomic E-state index is 13.2. The summed E-state index contributed by atoms with van der Waals surface area (Å²) in [6.45, 7) is 6.04. The Morgan fingerprint density at radius 3 is 2.38 bits per heavy atom. The number of nitrogens with zero attached hydrogens (tertiary/aromatic N) is 1. The van der Waals surface area contributed by atoms with Crippen molar-refractivity contribution in [2.75, 3.05) is 18.0 Å². The van der Waals surface area contributed by atoms with Crippen LogP contribution in [0.25, 0.3) is 6.08 Å². The second kappa shape index (κ2) is 11.2. The first-order valence-corrected chi connectivity index (χ1v) is 12.7. The van der Waals surface area contributed by atoms with Crippen LogP contribution in [0.5, 0.6) is 0 Å². The van der Waals surface area contributed by atoms with E-state index in [1.54, 1.807) is 12.1 Å². The van der Waals surface area contributed by atoms with E-state index in [2.05, 4.69) is 39.8 Å². The molecule has 0 unspecified atom stereocenters. The number of carbonyl (C=O) groups is 2. The van der Waals surface area contributed by atoms with Gasteiger partial charge < -0.3 is 15.5 Å². The molecule has 2 amide bonds. The number of aryl methyl sites for hydroxylation is 1. The molecule has 3 aromatic rings. The van der Waals surface area contributed by atoms with Crippen LogP contribution in [0.3, 0.4) is 0 Å². The summed E-state index contributed by atoms with van der Waals surface area (Å²) in [6.07, 6.45) is 5.51. The summed E-state index contributed by atoms with van der Waals surface area (Å²) in [4.78, 5) is 29.5. The molecule has 0 saturated carbocycles. The number of rotatable bonds is 7. The predicted octanol–water partition coefficient (Wildman–Crippen LogP) is 5.70. The molecule has 34 heavy (non-hydrogen) atoms. The zero-order valence-corrected chi connectivity index (χ0v) is 20.5. The zero-order valence-electron chi connectivity index (χ0n) is 19.7. The average molecular weight is 474 g/mol. The SMILES string of the molecule is Cc1ccccc1C(=O)N/C(=C\c1cccs1)C(=O)N[C@H](C)c1ccc(N2CCCCC2)cc1. The van der Waals surface area contributed by atoms with E-state index in [1.165, 1.54) is 36.3 Å². The molecule has 1 aliphatic rings. The Labute approximate surface area is 205 Å². The summed E-state index contributed by atoms with van der Waals surface area (Å²) in [7, 11) is 0. The summed E-state index contributed by atoms with van der Waals surface area (Å²) in [6, 6.07) is 19.4. The lowest BCUT2D eigenvalue weighted by molar-refractivity contribution is -0.118. The Balaban J connectivity index is 1.48. The third-order valence-corrected chi connectivity index (χ3v) is 6.99. The van der Waals surface area contributed by atoms with Crippen molar-refractivity contribution in [3.63, 3.8) is 0 Å². The number of nitrogens with one attached hydrogen (secondary N) is 2. The first-order valence-electron chi connectivity index (χ1n) is 11.8. The first kappa shape index (κ1) is 23.8. The highest BCUT2D eigenvalue weighted by atomic mass is 32.1. The lowest BCUT2D eigenvalue weighted by atomic mass is 10.1. The van der Waals surface area contributed by atoms with Crippen LogP contribution in [0.1, 0.15) is 58.6 Å². The van der Waals surface area contributed by atoms with Gasteiger partial charge in [0.15, 0.2) is 0 Å². The van der Waals surface area contributed by atoms with E-state index < -0.39 is 0 Å². The number of amides is 2. The van der Waals surface area contributed by atoms with E-state index in [1.807, 2.05) is 49.6 Å². The van der Waals surface area contributed by atoms with Crippen LogP contribution in [0.4, 0.5) is 5.69 Å². The maximum absolute atomic E-state index is 13.2. The smallest absolute Gasteiger partial charge is 0.268 e. The third kappa shape index (κ3) is 5.94. The second-order valence-corrected chi connectivity index (χ2v) is 9.66. The summed E-state index contributed by atoms with van der Waals surface area (Å²) < 4.78 is 0. The van der Waals surface area contributed by atoms with Gasteiger partial charge in [0.05, 0.1) is 6.04 Å². The molecule has 1 atom stereocenters. The lowest BCUT2D eigenvalue weighted by Gasteiger charge is -2.29. The van der Waals surface area contributed by atoms with Gasteiger partial charge in [-0.2, -0.15) is 0 Å². The van der Waals surface area contributed by atoms with E-state index in [0.717, 1.165) is 29.1 Å². The number of anilines is 1. The maximum Gasteiger partial charge on any atom is 0.268 e. The van der Waals surface area contributed by atoms with Crippen LogP contribution >= 0.6 is 11.3 Å². The number of carbonyl (C=O) groups excluding carboxylic acids is 2. The minimum Gasteiger partial charge on any atom is -0.372 e. The van der Waals surface area contributed by atoms with E-state index in [9.17, 15) is 9.59 Å². The van der Waals surface area contributed by atoms with Gasteiger partial charge in [0, 0.05) is 29.2 Å². The van der Waals surface area contributed by atoms with Crippen molar-refractivity contribution in [2.24, 2.45) is 0 Å². The van der Waals surface area contributed by atoms with E-state index in [-0.39, 0.29) is 23.6 Å². The average Bonchev–Trinajstić information content (AvgIpc) is 3.37. The van der Waals surface area contributed by atoms with Crippen molar-refractivity contribution < 1.29 is 9.59 Å². The van der Waals surface area contributed by atoms with Gasteiger partial charge in [0.2, 0.25) is 0 Å². The number of hydrogen-bond donors (Lipinski definition) is 2. The molecule has 2 N–H and O–H groups in total. The lowest BCUT2D eigenvalue weighted by Crippen LogP contribution is -2.36. The summed E-state index contributed by atoms with van der Waals surface area (Å²) >= 11 is 1.51. The van der Waals surface area contributed by atoms with Crippen molar-refractivity contribution in [2.45, 2.75) is 39.2 Å². The quantitative estimate of drug-likeness (QED) is 0.433. The zero-order chi connectivity index (χ0) is 23.9. The molecule has 1 saturated heterocycles. The van der Waals surface area contributed by atoms with E-state index >= 15 is 0 Å². The molecule has 0 radical (unpaired) electrons. The highest BCUT2D eigenvalue weighted by molar-refractivity contribution is 7.10. The molecule has 1 aromatic heterocycles. The topological polar surface area (TPSA) is 61.4 Å². The second-order valence-electron chi connectivity index (χ2n) is 8.68. The molecule has 6 heteroatoms. The normalized spacial score (nSPS) is 15.0. The molecular weight excluding hydrogens is 442 g/mol. The number of hydrogen-bond acceptors (Lipinski definition) is 4. The van der Waals surface area contributed by atoms with Crippen LogP contribution in [0, 0.1) is 6.92 Å². The molecule has 2 aromatic carbocycles.